The molecule has 1 saturated heterocycles. The summed E-state index contributed by atoms with van der Waals surface area (Å²) in [5, 5.41) is 3.33. The second-order valence-corrected chi connectivity index (χ2v) is 7.96. The van der Waals surface area contributed by atoms with Crippen LogP contribution in [-0.4, -0.2) is 16.1 Å². The molecule has 6 nitrogen and oxygen atoms in total. The van der Waals surface area contributed by atoms with E-state index in [1.807, 2.05) is 85.8 Å². The number of cyclic esters (lactones) is 1. The van der Waals surface area contributed by atoms with Gasteiger partial charge >= 0.3 is 6.09 Å². The maximum absolute atomic E-state index is 13.1. The van der Waals surface area contributed by atoms with Crippen LogP contribution in [0.2, 0.25) is 0 Å². The minimum atomic E-state index is -0.448. The molecule has 1 aliphatic heterocycles. The standard InChI is InChI=1S/C27H24N4O2/c1-19(20-11-5-2-6-12-20)29-26-28-18-17-23(30-26)31-24(21-13-7-3-8-14-21)25(33-27(31)32)22-15-9-4-10-16-22/h2-19,24-25H,1H3,(H,28,29,30)/t19-,24?,25?/m1/s1. The second kappa shape index (κ2) is 9.12. The van der Waals surface area contributed by atoms with Crippen molar-refractivity contribution in [1.29, 1.82) is 0 Å². The maximum Gasteiger partial charge on any atom is 0.416 e. The van der Waals surface area contributed by atoms with Crippen LogP contribution in [0.1, 0.15) is 41.8 Å². The molecule has 1 aromatic heterocycles. The molecule has 2 unspecified atom stereocenters. The lowest BCUT2D eigenvalue weighted by atomic mass is 9.95. The number of amides is 1. The molecule has 0 spiro atoms. The molecule has 33 heavy (non-hydrogen) atoms. The molecule has 1 aliphatic rings. The minimum Gasteiger partial charge on any atom is -0.438 e. The Labute approximate surface area is 192 Å². The van der Waals surface area contributed by atoms with Gasteiger partial charge in [-0.2, -0.15) is 4.98 Å². The number of aromatic nitrogens is 2. The first-order chi connectivity index (χ1) is 16.2. The summed E-state index contributed by atoms with van der Waals surface area (Å²) in [6, 6.07) is 31.2. The van der Waals surface area contributed by atoms with E-state index in [0.717, 1.165) is 16.7 Å². The number of rotatable bonds is 6. The van der Waals surface area contributed by atoms with Crippen molar-refractivity contribution in [1.82, 2.24) is 9.97 Å². The molecular formula is C27H24N4O2. The van der Waals surface area contributed by atoms with Gasteiger partial charge in [0.25, 0.3) is 0 Å². The van der Waals surface area contributed by atoms with Gasteiger partial charge in [0.15, 0.2) is 6.10 Å². The molecule has 5 rings (SSSR count). The van der Waals surface area contributed by atoms with Crippen molar-refractivity contribution in [2.24, 2.45) is 0 Å². The first-order valence-electron chi connectivity index (χ1n) is 10.9. The Kier molecular flexibility index (Phi) is 5.72. The third-order valence-electron chi connectivity index (χ3n) is 5.79. The Hall–Kier alpha value is -4.19. The number of ether oxygens (including phenoxy) is 1. The molecule has 1 amide bonds. The van der Waals surface area contributed by atoms with Gasteiger partial charge in [0.2, 0.25) is 5.95 Å². The SMILES string of the molecule is C[C@@H](Nc1nccc(N2C(=O)OC(c3ccccc3)C2c2ccccc2)n1)c1ccccc1. The molecule has 0 bridgehead atoms. The number of hydrogen-bond donors (Lipinski definition) is 1. The quantitative estimate of drug-likeness (QED) is 0.396. The Morgan fingerprint density at radius 3 is 2.12 bits per heavy atom. The van der Waals surface area contributed by atoms with E-state index < -0.39 is 12.2 Å². The van der Waals surface area contributed by atoms with Crippen molar-refractivity contribution in [2.75, 3.05) is 10.2 Å². The first kappa shape index (κ1) is 20.7. The van der Waals surface area contributed by atoms with Gasteiger partial charge in [-0.05, 0) is 29.7 Å². The zero-order chi connectivity index (χ0) is 22.6. The number of benzene rings is 3. The monoisotopic (exact) mass is 436 g/mol. The average Bonchev–Trinajstić information content (AvgIpc) is 3.23. The molecule has 4 aromatic rings. The number of nitrogens with zero attached hydrogens (tertiary/aromatic N) is 3. The van der Waals surface area contributed by atoms with Gasteiger partial charge in [0.1, 0.15) is 11.9 Å². The third kappa shape index (κ3) is 4.28. The Bertz CT molecular complexity index is 1220. The number of nitrogens with one attached hydrogen (secondary N) is 1. The summed E-state index contributed by atoms with van der Waals surface area (Å²) < 4.78 is 5.88. The Balaban J connectivity index is 1.49. The van der Waals surface area contributed by atoms with Crippen LogP contribution in [0.3, 0.4) is 0 Å². The molecule has 3 atom stereocenters. The van der Waals surface area contributed by atoms with E-state index in [9.17, 15) is 4.79 Å². The smallest absolute Gasteiger partial charge is 0.416 e. The van der Waals surface area contributed by atoms with Crippen molar-refractivity contribution in [3.8, 4) is 0 Å². The van der Waals surface area contributed by atoms with Crippen LogP contribution in [0.15, 0.2) is 103 Å². The summed E-state index contributed by atoms with van der Waals surface area (Å²) >= 11 is 0. The highest BCUT2D eigenvalue weighted by Gasteiger charge is 2.45. The normalized spacial score (nSPS) is 18.6. The van der Waals surface area contributed by atoms with Gasteiger partial charge in [0.05, 0.1) is 6.04 Å². The largest absolute Gasteiger partial charge is 0.438 e. The predicted octanol–water partition coefficient (Wildman–Crippen LogP) is 6.09. The summed E-state index contributed by atoms with van der Waals surface area (Å²) in [4.78, 5) is 23.8. The lowest BCUT2D eigenvalue weighted by molar-refractivity contribution is 0.132. The zero-order valence-corrected chi connectivity index (χ0v) is 18.2. The van der Waals surface area contributed by atoms with Crippen LogP contribution in [-0.2, 0) is 4.74 Å². The Morgan fingerprint density at radius 2 is 1.45 bits per heavy atom. The number of hydrogen-bond acceptors (Lipinski definition) is 5. The van der Waals surface area contributed by atoms with Gasteiger partial charge in [0, 0.05) is 6.20 Å². The predicted molar refractivity (Wildman–Crippen MR) is 128 cm³/mol. The van der Waals surface area contributed by atoms with Gasteiger partial charge in [-0.1, -0.05) is 91.0 Å². The van der Waals surface area contributed by atoms with E-state index >= 15 is 0 Å². The van der Waals surface area contributed by atoms with E-state index in [0.29, 0.717) is 11.8 Å². The lowest BCUT2D eigenvalue weighted by Gasteiger charge is -2.25. The van der Waals surface area contributed by atoms with E-state index in [4.69, 9.17) is 4.74 Å². The van der Waals surface area contributed by atoms with E-state index in [2.05, 4.69) is 27.4 Å². The van der Waals surface area contributed by atoms with E-state index in [1.165, 1.54) is 0 Å². The summed E-state index contributed by atoms with van der Waals surface area (Å²) in [6.45, 7) is 2.05. The van der Waals surface area contributed by atoms with E-state index in [1.54, 1.807) is 17.2 Å². The topological polar surface area (TPSA) is 67.4 Å². The molecule has 6 heteroatoms. The molecule has 1 N–H and O–H groups in total. The molecule has 3 aromatic carbocycles. The summed E-state index contributed by atoms with van der Waals surface area (Å²) in [7, 11) is 0. The van der Waals surface area contributed by atoms with Gasteiger partial charge in [-0.25, -0.2) is 14.7 Å². The molecule has 0 aliphatic carbocycles. The summed E-state index contributed by atoms with van der Waals surface area (Å²) in [5.41, 5.74) is 3.04. The highest BCUT2D eigenvalue weighted by molar-refractivity contribution is 5.90. The average molecular weight is 437 g/mol. The maximum atomic E-state index is 13.1. The van der Waals surface area contributed by atoms with Crippen LogP contribution in [0.4, 0.5) is 16.6 Å². The van der Waals surface area contributed by atoms with E-state index in [-0.39, 0.29) is 12.1 Å². The van der Waals surface area contributed by atoms with Crippen LogP contribution in [0, 0.1) is 0 Å². The summed E-state index contributed by atoms with van der Waals surface area (Å²) in [5.74, 6) is 0.941. The fourth-order valence-corrected chi connectivity index (χ4v) is 4.15. The second-order valence-electron chi connectivity index (χ2n) is 7.96. The minimum absolute atomic E-state index is 0.00830. The third-order valence-corrected chi connectivity index (χ3v) is 5.79. The van der Waals surface area contributed by atoms with Crippen LogP contribution in [0.25, 0.3) is 0 Å². The van der Waals surface area contributed by atoms with Gasteiger partial charge < -0.3 is 10.1 Å². The van der Waals surface area contributed by atoms with Crippen molar-refractivity contribution in [2.45, 2.75) is 25.1 Å². The fourth-order valence-electron chi connectivity index (χ4n) is 4.15. The highest BCUT2D eigenvalue weighted by atomic mass is 16.6. The van der Waals surface area contributed by atoms with Gasteiger partial charge in [-0.15, -0.1) is 0 Å². The number of carbonyl (C=O) groups is 1. The molecule has 2 heterocycles. The summed E-state index contributed by atoms with van der Waals surface area (Å²) in [6.07, 6.45) is 0.780. The molecule has 0 saturated carbocycles. The van der Waals surface area contributed by atoms with Crippen molar-refractivity contribution < 1.29 is 9.53 Å². The number of anilines is 2. The van der Waals surface area contributed by atoms with Crippen LogP contribution >= 0.6 is 0 Å². The fraction of sp³-hybridized carbons (Fsp3) is 0.148. The van der Waals surface area contributed by atoms with Crippen molar-refractivity contribution in [3.63, 3.8) is 0 Å². The Morgan fingerprint density at radius 1 is 0.848 bits per heavy atom. The van der Waals surface area contributed by atoms with Crippen molar-refractivity contribution in [3.05, 3.63) is 120 Å². The highest BCUT2D eigenvalue weighted by Crippen LogP contribution is 2.44. The molecular weight excluding hydrogens is 412 g/mol. The molecule has 0 radical (unpaired) electrons. The van der Waals surface area contributed by atoms with Crippen LogP contribution < -0.4 is 10.2 Å². The zero-order valence-electron chi connectivity index (χ0n) is 18.2. The molecule has 164 valence electrons. The molecule has 1 fully saturated rings. The first-order valence-corrected chi connectivity index (χ1v) is 10.9. The lowest BCUT2D eigenvalue weighted by Crippen LogP contribution is -2.29. The van der Waals surface area contributed by atoms with Crippen molar-refractivity contribution >= 4 is 17.9 Å². The van der Waals surface area contributed by atoms with Crippen LogP contribution in [0.5, 0.6) is 0 Å². The number of carbonyl (C=O) groups excluding carboxylic acids is 1. The van der Waals surface area contributed by atoms with Gasteiger partial charge in [-0.3, -0.25) is 0 Å².